The Morgan fingerprint density at radius 1 is 0.971 bits per heavy atom. The fourth-order valence-corrected chi connectivity index (χ4v) is 4.66. The zero-order valence-electron chi connectivity index (χ0n) is 18.6. The second-order valence-corrected chi connectivity index (χ2v) is 9.15. The van der Waals surface area contributed by atoms with E-state index in [0.717, 1.165) is 44.0 Å². The summed E-state index contributed by atoms with van der Waals surface area (Å²) in [5.74, 6) is -1.50. The van der Waals surface area contributed by atoms with E-state index in [0.29, 0.717) is 16.7 Å². The maximum atomic E-state index is 14.8. The average Bonchev–Trinajstić information content (AvgIpc) is 3.46. The van der Waals surface area contributed by atoms with E-state index in [1.165, 1.54) is 12.1 Å². The molecular formula is C24H21F3N6O2. The van der Waals surface area contributed by atoms with Crippen molar-refractivity contribution in [2.24, 2.45) is 5.41 Å². The van der Waals surface area contributed by atoms with Gasteiger partial charge in [0.2, 0.25) is 5.89 Å². The fraction of sp³-hybridized carbons (Fsp3) is 0.333. The van der Waals surface area contributed by atoms with Crippen molar-refractivity contribution in [3.8, 4) is 22.7 Å². The lowest BCUT2D eigenvalue weighted by Gasteiger charge is -2.55. The largest absolute Gasteiger partial charge is 0.415 e. The number of likely N-dealkylation sites (tertiary alicyclic amines) is 1. The molecule has 6 rings (SSSR count). The molecule has 4 aromatic rings. The van der Waals surface area contributed by atoms with Gasteiger partial charge in [0, 0.05) is 41.7 Å². The second kappa shape index (κ2) is 8.58. The molecule has 4 heterocycles. The molecule has 2 fully saturated rings. The molecule has 0 unspecified atom stereocenters. The molecule has 0 bridgehead atoms. The quantitative estimate of drug-likeness (QED) is 0.395. The van der Waals surface area contributed by atoms with Crippen LogP contribution in [0.25, 0.3) is 22.7 Å². The lowest BCUT2D eigenvalue weighted by molar-refractivity contribution is -0.191. The molecule has 35 heavy (non-hydrogen) atoms. The number of alkyl halides is 2. The summed E-state index contributed by atoms with van der Waals surface area (Å²) >= 11 is 0. The zero-order valence-corrected chi connectivity index (χ0v) is 18.6. The monoisotopic (exact) mass is 482 g/mol. The van der Waals surface area contributed by atoms with Crippen LogP contribution < -0.4 is 0 Å². The topological polar surface area (TPSA) is 82.1 Å². The SMILES string of the molecule is Fc1cc(-c2nnc(C(F)F)o2)ccc1Cn1cc(-c2ccccc2CN2CC3(COC3)C2)nn1. The summed E-state index contributed by atoms with van der Waals surface area (Å²) in [6.45, 7) is 4.75. The lowest BCUT2D eigenvalue weighted by Crippen LogP contribution is -2.65. The molecule has 1 spiro atoms. The second-order valence-electron chi connectivity index (χ2n) is 9.15. The van der Waals surface area contributed by atoms with Crippen LogP contribution in [0, 0.1) is 11.2 Å². The van der Waals surface area contributed by atoms with Crippen LogP contribution in [0.4, 0.5) is 13.2 Å². The maximum Gasteiger partial charge on any atom is 0.314 e. The van der Waals surface area contributed by atoms with E-state index in [4.69, 9.17) is 9.15 Å². The number of hydrogen-bond acceptors (Lipinski definition) is 7. The molecule has 2 aliphatic rings. The Morgan fingerprint density at radius 3 is 2.51 bits per heavy atom. The standard InChI is InChI=1S/C24H21F3N6O2/c25-19-7-15(22-29-30-23(35-22)21(26)27)5-6-17(19)9-33-10-20(28-31-33)18-4-2-1-3-16(18)8-32-11-24(12-32)13-34-14-24/h1-7,10,21H,8-9,11-14H2. The first-order valence-corrected chi connectivity index (χ1v) is 11.2. The van der Waals surface area contributed by atoms with Gasteiger partial charge in [0.05, 0.1) is 26.0 Å². The van der Waals surface area contributed by atoms with Gasteiger partial charge in [0.1, 0.15) is 11.5 Å². The minimum atomic E-state index is -2.88. The molecule has 0 N–H and O–H groups in total. The summed E-state index contributed by atoms with van der Waals surface area (Å²) in [7, 11) is 0. The van der Waals surface area contributed by atoms with Gasteiger partial charge in [-0.2, -0.15) is 8.78 Å². The van der Waals surface area contributed by atoms with Crippen LogP contribution in [-0.2, 0) is 17.8 Å². The smallest absolute Gasteiger partial charge is 0.314 e. The predicted octanol–water partition coefficient (Wildman–Crippen LogP) is 3.95. The minimum absolute atomic E-state index is 0.155. The van der Waals surface area contributed by atoms with Crippen molar-refractivity contribution in [1.82, 2.24) is 30.1 Å². The van der Waals surface area contributed by atoms with E-state index in [9.17, 15) is 13.2 Å². The Kier molecular flexibility index (Phi) is 5.37. The van der Waals surface area contributed by atoms with Crippen molar-refractivity contribution >= 4 is 0 Å². The van der Waals surface area contributed by atoms with E-state index in [2.05, 4.69) is 31.5 Å². The van der Waals surface area contributed by atoms with Crippen molar-refractivity contribution in [2.45, 2.75) is 19.5 Å². The molecular weight excluding hydrogens is 461 g/mol. The maximum absolute atomic E-state index is 14.8. The van der Waals surface area contributed by atoms with Crippen molar-refractivity contribution < 1.29 is 22.3 Å². The molecule has 0 atom stereocenters. The molecule has 180 valence electrons. The zero-order chi connectivity index (χ0) is 24.0. The molecule has 11 heteroatoms. The van der Waals surface area contributed by atoms with Gasteiger partial charge in [0.15, 0.2) is 0 Å². The Bertz CT molecular complexity index is 1360. The Labute approximate surface area is 198 Å². The van der Waals surface area contributed by atoms with E-state index in [1.807, 2.05) is 18.2 Å². The third kappa shape index (κ3) is 4.21. The minimum Gasteiger partial charge on any atom is -0.415 e. The predicted molar refractivity (Wildman–Crippen MR) is 118 cm³/mol. The van der Waals surface area contributed by atoms with Crippen LogP contribution in [0.3, 0.4) is 0 Å². The highest BCUT2D eigenvalue weighted by Crippen LogP contribution is 2.39. The Balaban J connectivity index is 1.16. The van der Waals surface area contributed by atoms with Crippen molar-refractivity contribution in [3.05, 3.63) is 71.5 Å². The summed E-state index contributed by atoms with van der Waals surface area (Å²) in [6, 6.07) is 12.3. The fourth-order valence-electron chi connectivity index (χ4n) is 4.66. The van der Waals surface area contributed by atoms with Crippen LogP contribution in [0.1, 0.15) is 23.4 Å². The van der Waals surface area contributed by atoms with Gasteiger partial charge in [-0.1, -0.05) is 35.5 Å². The molecule has 0 aliphatic carbocycles. The molecule has 2 aromatic heterocycles. The summed E-state index contributed by atoms with van der Waals surface area (Å²) in [6.07, 6.45) is -1.09. The highest BCUT2D eigenvalue weighted by atomic mass is 19.3. The van der Waals surface area contributed by atoms with E-state index in [-0.39, 0.29) is 18.0 Å². The van der Waals surface area contributed by atoms with Gasteiger partial charge in [-0.15, -0.1) is 15.3 Å². The van der Waals surface area contributed by atoms with Gasteiger partial charge in [-0.05, 0) is 17.7 Å². The van der Waals surface area contributed by atoms with Crippen LogP contribution in [0.15, 0.2) is 53.1 Å². The highest BCUT2D eigenvalue weighted by Gasteiger charge is 2.48. The average molecular weight is 482 g/mol. The number of hydrogen-bond donors (Lipinski definition) is 0. The van der Waals surface area contributed by atoms with Crippen LogP contribution in [0.5, 0.6) is 0 Å². The molecule has 2 aromatic carbocycles. The lowest BCUT2D eigenvalue weighted by atomic mass is 9.78. The van der Waals surface area contributed by atoms with Crippen LogP contribution in [-0.4, -0.2) is 56.4 Å². The third-order valence-electron chi connectivity index (χ3n) is 6.42. The van der Waals surface area contributed by atoms with Crippen LogP contribution in [0.2, 0.25) is 0 Å². The van der Waals surface area contributed by atoms with Gasteiger partial charge in [0.25, 0.3) is 5.89 Å². The molecule has 0 amide bonds. The first-order valence-electron chi connectivity index (χ1n) is 11.2. The first-order chi connectivity index (χ1) is 17.0. The molecule has 0 radical (unpaired) electrons. The van der Waals surface area contributed by atoms with Crippen molar-refractivity contribution in [3.63, 3.8) is 0 Å². The summed E-state index contributed by atoms with van der Waals surface area (Å²) in [5, 5.41) is 15.3. The molecule has 0 saturated carbocycles. The van der Waals surface area contributed by atoms with E-state index < -0.39 is 18.1 Å². The number of benzene rings is 2. The van der Waals surface area contributed by atoms with Crippen molar-refractivity contribution in [2.75, 3.05) is 26.3 Å². The summed E-state index contributed by atoms with van der Waals surface area (Å²) in [5.41, 5.74) is 3.80. The van der Waals surface area contributed by atoms with Gasteiger partial charge in [-0.3, -0.25) is 4.90 Å². The summed E-state index contributed by atoms with van der Waals surface area (Å²) in [4.78, 5) is 2.40. The van der Waals surface area contributed by atoms with Gasteiger partial charge < -0.3 is 9.15 Å². The van der Waals surface area contributed by atoms with Gasteiger partial charge >= 0.3 is 6.43 Å². The Morgan fingerprint density at radius 2 is 1.80 bits per heavy atom. The highest BCUT2D eigenvalue weighted by molar-refractivity contribution is 5.62. The van der Waals surface area contributed by atoms with Crippen molar-refractivity contribution in [1.29, 1.82) is 0 Å². The summed E-state index contributed by atoms with van der Waals surface area (Å²) < 4.78 is 51.9. The third-order valence-corrected chi connectivity index (χ3v) is 6.42. The first kappa shape index (κ1) is 21.9. The molecule has 2 saturated heterocycles. The number of aromatic nitrogens is 5. The van der Waals surface area contributed by atoms with Gasteiger partial charge in [-0.25, -0.2) is 9.07 Å². The normalized spacial score (nSPS) is 17.0. The number of halogens is 3. The number of ether oxygens (including phenoxy) is 1. The van der Waals surface area contributed by atoms with E-state index in [1.54, 1.807) is 16.9 Å². The molecule has 8 nitrogen and oxygen atoms in total. The number of nitrogens with zero attached hydrogens (tertiary/aromatic N) is 6. The van der Waals surface area contributed by atoms with E-state index >= 15 is 0 Å². The molecule has 2 aliphatic heterocycles. The Hall–Kier alpha value is -3.57. The van der Waals surface area contributed by atoms with Crippen LogP contribution >= 0.6 is 0 Å². The number of rotatable bonds is 7.